The van der Waals surface area contributed by atoms with Crippen molar-refractivity contribution in [3.63, 3.8) is 0 Å². The lowest BCUT2D eigenvalue weighted by Crippen LogP contribution is -2.49. The van der Waals surface area contributed by atoms with Gasteiger partial charge in [0.2, 0.25) is 5.91 Å². The fourth-order valence-electron chi connectivity index (χ4n) is 4.18. The highest BCUT2D eigenvalue weighted by atomic mass is 32.2. The Morgan fingerprint density at radius 2 is 1.83 bits per heavy atom. The topological polar surface area (TPSA) is 72.7 Å². The van der Waals surface area contributed by atoms with Crippen LogP contribution in [0.15, 0.2) is 66.3 Å². The molecule has 3 heterocycles. The fraction of sp³-hybridized carbons (Fsp3) is 0.320. The molecule has 0 spiro atoms. The quantitative estimate of drug-likeness (QED) is 0.367. The van der Waals surface area contributed by atoms with Crippen LogP contribution in [-0.2, 0) is 11.3 Å². The number of anilines is 1. The monoisotopic (exact) mass is 495 g/mol. The molecule has 182 valence electrons. The first-order chi connectivity index (χ1) is 17.1. The zero-order valence-electron chi connectivity index (χ0n) is 19.2. The van der Waals surface area contributed by atoms with E-state index in [9.17, 15) is 9.18 Å². The van der Waals surface area contributed by atoms with E-state index in [2.05, 4.69) is 21.7 Å². The molecule has 3 aromatic rings. The number of ether oxygens (including phenoxy) is 2. The molecule has 0 aliphatic carbocycles. The number of para-hydroxylation sites is 2. The normalized spacial score (nSPS) is 17.3. The summed E-state index contributed by atoms with van der Waals surface area (Å²) in [6, 6.07) is 14.0. The molecule has 0 N–H and O–H groups in total. The van der Waals surface area contributed by atoms with E-state index in [0.29, 0.717) is 61.8 Å². The molecular formula is C25H26FN5O3S. The number of carbonyl (C=O) groups is 1. The van der Waals surface area contributed by atoms with E-state index in [4.69, 9.17) is 9.47 Å². The van der Waals surface area contributed by atoms with Gasteiger partial charge in [0, 0.05) is 38.4 Å². The van der Waals surface area contributed by atoms with Gasteiger partial charge in [0.25, 0.3) is 0 Å². The largest absolute Gasteiger partial charge is 0.485 e. The van der Waals surface area contributed by atoms with Crippen molar-refractivity contribution in [1.82, 2.24) is 19.7 Å². The van der Waals surface area contributed by atoms with E-state index in [1.165, 1.54) is 23.9 Å². The molecule has 5 rings (SSSR count). The zero-order valence-corrected chi connectivity index (χ0v) is 20.0. The molecule has 0 unspecified atom stereocenters. The first-order valence-corrected chi connectivity index (χ1v) is 12.4. The number of thioether (sulfide) groups is 1. The average molecular weight is 496 g/mol. The van der Waals surface area contributed by atoms with Crippen LogP contribution in [0.4, 0.5) is 10.1 Å². The van der Waals surface area contributed by atoms with Crippen molar-refractivity contribution >= 4 is 23.4 Å². The molecule has 1 amide bonds. The Bertz CT molecular complexity index is 1190. The minimum absolute atomic E-state index is 0.0506. The van der Waals surface area contributed by atoms with Crippen molar-refractivity contribution in [2.75, 3.05) is 43.4 Å². The van der Waals surface area contributed by atoms with Crippen molar-refractivity contribution < 1.29 is 18.7 Å². The highest BCUT2D eigenvalue weighted by Crippen LogP contribution is 2.36. The molecule has 0 saturated carbocycles. The predicted molar refractivity (Wildman–Crippen MR) is 131 cm³/mol. The minimum atomic E-state index is -0.401. The van der Waals surface area contributed by atoms with Crippen LogP contribution in [-0.4, -0.2) is 64.1 Å². The highest BCUT2D eigenvalue weighted by Gasteiger charge is 2.29. The van der Waals surface area contributed by atoms with Crippen molar-refractivity contribution in [2.45, 2.75) is 17.8 Å². The van der Waals surface area contributed by atoms with Crippen molar-refractivity contribution in [2.24, 2.45) is 0 Å². The number of aromatic nitrogens is 3. The Labute approximate surface area is 207 Å². The van der Waals surface area contributed by atoms with E-state index in [1.54, 1.807) is 18.2 Å². The molecule has 1 atom stereocenters. The van der Waals surface area contributed by atoms with Crippen LogP contribution in [0.2, 0.25) is 0 Å². The number of rotatable bonds is 7. The summed E-state index contributed by atoms with van der Waals surface area (Å²) >= 11 is 1.36. The summed E-state index contributed by atoms with van der Waals surface area (Å²) in [5.74, 6) is 2.08. The third kappa shape index (κ3) is 5.12. The number of piperazine rings is 1. The number of carbonyl (C=O) groups excluding carboxylic acids is 1. The molecule has 2 aliphatic rings. The van der Waals surface area contributed by atoms with Crippen LogP contribution in [0.25, 0.3) is 0 Å². The maximum atomic E-state index is 13.2. The van der Waals surface area contributed by atoms with Gasteiger partial charge in [-0.3, -0.25) is 9.36 Å². The fourth-order valence-corrected chi connectivity index (χ4v) is 5.03. The van der Waals surface area contributed by atoms with Crippen molar-refractivity contribution in [3.8, 4) is 11.5 Å². The molecule has 1 fully saturated rings. The van der Waals surface area contributed by atoms with Crippen LogP contribution in [0.3, 0.4) is 0 Å². The van der Waals surface area contributed by atoms with Gasteiger partial charge in [-0.25, -0.2) is 4.39 Å². The van der Waals surface area contributed by atoms with Gasteiger partial charge in [-0.2, -0.15) is 0 Å². The zero-order chi connectivity index (χ0) is 24.2. The number of amides is 1. The smallest absolute Gasteiger partial charge is 0.233 e. The lowest BCUT2D eigenvalue weighted by molar-refractivity contribution is -0.128. The Morgan fingerprint density at radius 1 is 1.09 bits per heavy atom. The summed E-state index contributed by atoms with van der Waals surface area (Å²) in [4.78, 5) is 16.9. The van der Waals surface area contributed by atoms with E-state index >= 15 is 0 Å². The molecule has 1 saturated heterocycles. The van der Waals surface area contributed by atoms with Gasteiger partial charge < -0.3 is 19.3 Å². The van der Waals surface area contributed by atoms with Crippen LogP contribution >= 0.6 is 11.8 Å². The molecule has 10 heteroatoms. The molecule has 2 aromatic carbocycles. The molecule has 0 bridgehead atoms. The summed E-state index contributed by atoms with van der Waals surface area (Å²) in [6.07, 6.45) is 1.37. The van der Waals surface area contributed by atoms with Crippen LogP contribution in [0.5, 0.6) is 11.5 Å². The molecule has 1 aromatic heterocycles. The van der Waals surface area contributed by atoms with Crippen LogP contribution in [0.1, 0.15) is 11.9 Å². The molecule has 35 heavy (non-hydrogen) atoms. The summed E-state index contributed by atoms with van der Waals surface area (Å²) in [7, 11) is 0. The average Bonchev–Trinajstić information content (AvgIpc) is 3.30. The van der Waals surface area contributed by atoms with Crippen LogP contribution in [0, 0.1) is 5.82 Å². The van der Waals surface area contributed by atoms with E-state index in [1.807, 2.05) is 33.7 Å². The SMILES string of the molecule is C=CCn1c(SCC(=O)N2CCN(c3ccc(F)cc3)CC2)nnc1[C@H]1COc2ccccc2O1. The number of allylic oxidation sites excluding steroid dienone is 1. The summed E-state index contributed by atoms with van der Waals surface area (Å²) in [5, 5.41) is 9.32. The first-order valence-electron chi connectivity index (χ1n) is 11.5. The van der Waals surface area contributed by atoms with E-state index in [-0.39, 0.29) is 17.5 Å². The van der Waals surface area contributed by atoms with Crippen molar-refractivity contribution in [1.29, 1.82) is 0 Å². The number of halogens is 1. The summed E-state index contributed by atoms with van der Waals surface area (Å²) in [5.41, 5.74) is 0.967. The number of hydrogen-bond donors (Lipinski definition) is 0. The Kier molecular flexibility index (Phi) is 6.89. The molecule has 8 nitrogen and oxygen atoms in total. The second-order valence-electron chi connectivity index (χ2n) is 8.24. The highest BCUT2D eigenvalue weighted by molar-refractivity contribution is 7.99. The van der Waals surface area contributed by atoms with Gasteiger partial charge in [-0.05, 0) is 36.4 Å². The number of benzene rings is 2. The Morgan fingerprint density at radius 3 is 2.57 bits per heavy atom. The third-order valence-electron chi connectivity index (χ3n) is 6.00. The third-order valence-corrected chi connectivity index (χ3v) is 6.95. The number of nitrogens with zero attached hydrogens (tertiary/aromatic N) is 5. The van der Waals surface area contributed by atoms with Gasteiger partial charge in [-0.15, -0.1) is 16.8 Å². The maximum Gasteiger partial charge on any atom is 0.233 e. The second kappa shape index (κ2) is 10.4. The molecule has 0 radical (unpaired) electrons. The van der Waals surface area contributed by atoms with Crippen molar-refractivity contribution in [3.05, 3.63) is 72.8 Å². The minimum Gasteiger partial charge on any atom is -0.485 e. The standard InChI is InChI=1S/C25H26FN5O3S/c1-2-11-31-24(22-16-33-20-5-3-4-6-21(20)34-22)27-28-25(31)35-17-23(32)30-14-12-29(13-15-30)19-9-7-18(26)8-10-19/h2-10,22H,1,11-17H2/t22-/m1/s1. The van der Waals surface area contributed by atoms with E-state index < -0.39 is 6.10 Å². The first kappa shape index (κ1) is 23.2. The van der Waals surface area contributed by atoms with Gasteiger partial charge in [0.15, 0.2) is 28.6 Å². The van der Waals surface area contributed by atoms with E-state index in [0.717, 1.165) is 5.69 Å². The summed E-state index contributed by atoms with van der Waals surface area (Å²) in [6.45, 7) is 7.32. The van der Waals surface area contributed by atoms with Gasteiger partial charge >= 0.3 is 0 Å². The molecule has 2 aliphatic heterocycles. The van der Waals surface area contributed by atoms with Gasteiger partial charge in [0.1, 0.15) is 12.4 Å². The predicted octanol–water partition coefficient (Wildman–Crippen LogP) is 3.56. The van der Waals surface area contributed by atoms with Gasteiger partial charge in [0.05, 0.1) is 5.75 Å². The lowest BCUT2D eigenvalue weighted by Gasteiger charge is -2.36. The second-order valence-corrected chi connectivity index (χ2v) is 9.18. The maximum absolute atomic E-state index is 13.2. The number of hydrogen-bond acceptors (Lipinski definition) is 7. The lowest BCUT2D eigenvalue weighted by atomic mass is 10.2. The summed E-state index contributed by atoms with van der Waals surface area (Å²) < 4.78 is 27.0. The Hall–Kier alpha value is -3.53. The Balaban J connectivity index is 1.19. The number of fused-ring (bicyclic) bond motifs is 1. The molecular weight excluding hydrogens is 469 g/mol. The van der Waals surface area contributed by atoms with Crippen LogP contribution < -0.4 is 14.4 Å². The van der Waals surface area contributed by atoms with Gasteiger partial charge in [-0.1, -0.05) is 30.0 Å².